The summed E-state index contributed by atoms with van der Waals surface area (Å²) >= 11 is 0. The Bertz CT molecular complexity index is 1550. The van der Waals surface area contributed by atoms with Crippen molar-refractivity contribution in [3.63, 3.8) is 0 Å². The molecule has 11 nitrogen and oxygen atoms in total. The number of carboxylic acids is 1. The lowest BCUT2D eigenvalue weighted by atomic mass is 10.0. The van der Waals surface area contributed by atoms with Crippen LogP contribution in [0, 0.1) is 0 Å². The summed E-state index contributed by atoms with van der Waals surface area (Å²) in [6, 6.07) is 11.9. The maximum atomic E-state index is 13.4. The van der Waals surface area contributed by atoms with Gasteiger partial charge in [-0.3, -0.25) is 4.79 Å². The van der Waals surface area contributed by atoms with Gasteiger partial charge >= 0.3 is 12.1 Å². The quantitative estimate of drug-likeness (QED) is 0.406. The van der Waals surface area contributed by atoms with Crippen molar-refractivity contribution in [2.45, 2.75) is 58.3 Å². The lowest BCUT2D eigenvalue weighted by Crippen LogP contribution is -2.49. The minimum atomic E-state index is -1.08. The Morgan fingerprint density at radius 1 is 1.00 bits per heavy atom. The maximum absolute atomic E-state index is 13.4. The van der Waals surface area contributed by atoms with Crippen molar-refractivity contribution in [1.82, 2.24) is 14.4 Å². The van der Waals surface area contributed by atoms with Crippen LogP contribution in [0.1, 0.15) is 49.5 Å². The second-order valence-electron chi connectivity index (χ2n) is 11.9. The first kappa shape index (κ1) is 30.2. The number of hydrogen-bond donors (Lipinski definition) is 1. The monoisotopic (exact) mass is 593 g/mol. The SMILES string of the molecule is COc1cc(C(=O)O)c2ccc(=O)n(CCN3CCC(N(Cc4ccc5c(c4)OCCO5)C(=O)OC(C)(C)C)CC3)c2c1. The first-order chi connectivity index (χ1) is 20.5. The largest absolute Gasteiger partial charge is 0.497 e. The van der Waals surface area contributed by atoms with Crippen LogP contribution in [0.5, 0.6) is 17.2 Å². The van der Waals surface area contributed by atoms with Gasteiger partial charge < -0.3 is 38.4 Å². The zero-order chi connectivity index (χ0) is 30.7. The van der Waals surface area contributed by atoms with Crippen molar-refractivity contribution in [1.29, 1.82) is 0 Å². The third-order valence-corrected chi connectivity index (χ3v) is 7.77. The number of likely N-dealkylation sites (tertiary alicyclic amines) is 1. The molecule has 0 aliphatic carbocycles. The van der Waals surface area contributed by atoms with Gasteiger partial charge in [-0.2, -0.15) is 0 Å². The Balaban J connectivity index is 1.29. The standard InChI is InChI=1S/C32H39N3O8/c1-32(2,3)43-31(39)35(20-21-5-7-27-28(17-21)42-16-15-41-27)22-9-11-33(12-10-22)13-14-34-26-19-23(40-4)18-25(30(37)38)24(26)6-8-29(34)36/h5-8,17-19,22H,9-16,20H2,1-4H3,(H,37,38). The topological polar surface area (TPSA) is 120 Å². The minimum Gasteiger partial charge on any atom is -0.497 e. The van der Waals surface area contributed by atoms with Crippen LogP contribution in [0.3, 0.4) is 0 Å². The number of methoxy groups -OCH3 is 1. The predicted molar refractivity (Wildman–Crippen MR) is 160 cm³/mol. The molecule has 5 rings (SSSR count). The molecule has 0 atom stereocenters. The highest BCUT2D eigenvalue weighted by atomic mass is 16.6. The normalized spacial score (nSPS) is 15.7. The van der Waals surface area contributed by atoms with Crippen LogP contribution in [0.2, 0.25) is 0 Å². The summed E-state index contributed by atoms with van der Waals surface area (Å²) in [5.41, 5.74) is 0.711. The maximum Gasteiger partial charge on any atom is 0.410 e. The van der Waals surface area contributed by atoms with Gasteiger partial charge in [-0.15, -0.1) is 0 Å². The third-order valence-electron chi connectivity index (χ3n) is 7.77. The number of benzene rings is 2. The molecule has 3 heterocycles. The predicted octanol–water partition coefficient (Wildman–Crippen LogP) is 4.38. The van der Waals surface area contributed by atoms with E-state index in [-0.39, 0.29) is 23.3 Å². The van der Waals surface area contributed by atoms with E-state index in [1.54, 1.807) is 16.7 Å². The molecule has 2 aliphatic heterocycles. The molecule has 1 fully saturated rings. The van der Waals surface area contributed by atoms with Crippen LogP contribution in [0.15, 0.2) is 47.3 Å². The molecule has 230 valence electrons. The fourth-order valence-corrected chi connectivity index (χ4v) is 5.64. The molecule has 2 aliphatic rings. The number of carboxylic acid groups (broad SMARTS) is 1. The molecule has 43 heavy (non-hydrogen) atoms. The molecule has 0 saturated carbocycles. The van der Waals surface area contributed by atoms with Crippen LogP contribution >= 0.6 is 0 Å². The Morgan fingerprint density at radius 2 is 1.72 bits per heavy atom. The summed E-state index contributed by atoms with van der Waals surface area (Å²) in [6.45, 7) is 9.42. The van der Waals surface area contributed by atoms with E-state index in [0.29, 0.717) is 61.0 Å². The number of hydrogen-bond acceptors (Lipinski definition) is 8. The van der Waals surface area contributed by atoms with E-state index < -0.39 is 11.6 Å². The number of carbonyl (C=O) groups excluding carboxylic acids is 1. The molecule has 1 saturated heterocycles. The molecule has 0 spiro atoms. The molecule has 2 aromatic carbocycles. The second-order valence-corrected chi connectivity index (χ2v) is 11.9. The Hall–Kier alpha value is -4.25. The molecule has 3 aromatic rings. The summed E-state index contributed by atoms with van der Waals surface area (Å²) < 4.78 is 24.1. The zero-order valence-corrected chi connectivity index (χ0v) is 25.1. The molecular formula is C32H39N3O8. The van der Waals surface area contributed by atoms with Crippen LogP contribution in [-0.2, 0) is 17.8 Å². The van der Waals surface area contributed by atoms with Crippen molar-refractivity contribution in [2.24, 2.45) is 0 Å². The van der Waals surface area contributed by atoms with E-state index in [9.17, 15) is 19.5 Å². The van der Waals surface area contributed by atoms with Crippen molar-refractivity contribution in [3.8, 4) is 17.2 Å². The van der Waals surface area contributed by atoms with E-state index in [2.05, 4.69) is 4.90 Å². The molecule has 0 unspecified atom stereocenters. The van der Waals surface area contributed by atoms with Crippen LogP contribution in [0.25, 0.3) is 10.9 Å². The van der Waals surface area contributed by atoms with Crippen LogP contribution < -0.4 is 19.8 Å². The third kappa shape index (κ3) is 7.05. The highest BCUT2D eigenvalue weighted by molar-refractivity contribution is 6.03. The number of carbonyl (C=O) groups is 2. The molecule has 0 radical (unpaired) electrons. The fraction of sp³-hybridized carbons (Fsp3) is 0.469. The molecular weight excluding hydrogens is 554 g/mol. The lowest BCUT2D eigenvalue weighted by molar-refractivity contribution is 0.00561. The van der Waals surface area contributed by atoms with E-state index in [1.807, 2.05) is 43.9 Å². The number of ether oxygens (including phenoxy) is 4. The highest BCUT2D eigenvalue weighted by Gasteiger charge is 2.31. The minimum absolute atomic E-state index is 0.0260. The molecule has 11 heteroatoms. The summed E-state index contributed by atoms with van der Waals surface area (Å²) in [7, 11) is 1.47. The number of piperidine rings is 1. The van der Waals surface area contributed by atoms with Gasteiger partial charge in [-0.1, -0.05) is 6.07 Å². The number of aromatic carboxylic acids is 1. The Kier molecular flexibility index (Phi) is 8.82. The highest BCUT2D eigenvalue weighted by Crippen LogP contribution is 2.32. The van der Waals surface area contributed by atoms with Crippen molar-refractivity contribution in [2.75, 3.05) is 40.0 Å². The molecule has 1 aromatic heterocycles. The van der Waals surface area contributed by atoms with E-state index >= 15 is 0 Å². The molecule has 1 N–H and O–H groups in total. The van der Waals surface area contributed by atoms with Gasteiger partial charge in [-0.25, -0.2) is 9.59 Å². The first-order valence-corrected chi connectivity index (χ1v) is 14.6. The summed E-state index contributed by atoms with van der Waals surface area (Å²) in [5, 5.41) is 10.2. The lowest BCUT2D eigenvalue weighted by Gasteiger charge is -2.39. The number of amides is 1. The average molecular weight is 594 g/mol. The van der Waals surface area contributed by atoms with E-state index in [1.165, 1.54) is 19.2 Å². The summed E-state index contributed by atoms with van der Waals surface area (Å²) in [4.78, 5) is 42.2. The summed E-state index contributed by atoms with van der Waals surface area (Å²) in [5.74, 6) is 0.682. The molecule has 1 amide bonds. The fourth-order valence-electron chi connectivity index (χ4n) is 5.64. The van der Waals surface area contributed by atoms with Crippen molar-refractivity contribution < 1.29 is 33.6 Å². The van der Waals surface area contributed by atoms with Crippen molar-refractivity contribution >= 4 is 23.0 Å². The van der Waals surface area contributed by atoms with Gasteiger partial charge in [0.1, 0.15) is 24.6 Å². The Morgan fingerprint density at radius 3 is 2.40 bits per heavy atom. The zero-order valence-electron chi connectivity index (χ0n) is 25.1. The number of pyridine rings is 1. The smallest absolute Gasteiger partial charge is 0.410 e. The van der Waals surface area contributed by atoms with E-state index in [0.717, 1.165) is 31.5 Å². The van der Waals surface area contributed by atoms with Gasteiger partial charge in [0.25, 0.3) is 5.56 Å². The molecule has 0 bridgehead atoms. The summed E-state index contributed by atoms with van der Waals surface area (Å²) in [6.07, 6.45) is 1.13. The number of aromatic nitrogens is 1. The Labute approximate surface area is 250 Å². The van der Waals surface area contributed by atoms with Crippen LogP contribution in [-0.4, -0.2) is 83.1 Å². The first-order valence-electron chi connectivity index (χ1n) is 14.6. The van der Waals surface area contributed by atoms with Gasteiger partial charge in [-0.05, 0) is 63.4 Å². The second kappa shape index (κ2) is 12.5. The van der Waals surface area contributed by atoms with Crippen molar-refractivity contribution in [3.05, 3.63) is 63.9 Å². The number of fused-ring (bicyclic) bond motifs is 2. The number of rotatable bonds is 8. The van der Waals surface area contributed by atoms with Gasteiger partial charge in [0.2, 0.25) is 0 Å². The number of nitrogens with zero attached hydrogens (tertiary/aromatic N) is 3. The van der Waals surface area contributed by atoms with Gasteiger partial charge in [0.15, 0.2) is 11.5 Å². The van der Waals surface area contributed by atoms with Gasteiger partial charge in [0, 0.05) is 56.3 Å². The van der Waals surface area contributed by atoms with Gasteiger partial charge in [0.05, 0.1) is 18.2 Å². The van der Waals surface area contributed by atoms with Crippen LogP contribution in [0.4, 0.5) is 4.79 Å². The van der Waals surface area contributed by atoms with E-state index in [4.69, 9.17) is 18.9 Å². The average Bonchev–Trinajstić information content (AvgIpc) is 2.98.